The number of amides is 3. The Morgan fingerprint density at radius 2 is 1.75 bits per heavy atom. The third-order valence-electron chi connectivity index (χ3n) is 7.31. The zero-order valence-corrected chi connectivity index (χ0v) is 25.8. The molecule has 1 aliphatic rings. The Labute approximate surface area is 241 Å². The highest BCUT2D eigenvalue weighted by Gasteiger charge is 2.38. The van der Waals surface area contributed by atoms with E-state index in [1.165, 1.54) is 0 Å². The van der Waals surface area contributed by atoms with Gasteiger partial charge in [0.05, 0.1) is 0 Å². The number of nitrogens with zero attached hydrogens (tertiary/aromatic N) is 1. The van der Waals surface area contributed by atoms with Crippen LogP contribution in [-0.2, 0) is 14.3 Å². The molecule has 1 aromatic rings. The number of rotatable bonds is 13. The van der Waals surface area contributed by atoms with Crippen LogP contribution in [0.15, 0.2) is 18.2 Å². The van der Waals surface area contributed by atoms with E-state index in [9.17, 15) is 19.5 Å². The second kappa shape index (κ2) is 15.9. The number of phenols is 1. The average molecular weight is 560 g/mol. The summed E-state index contributed by atoms with van der Waals surface area (Å²) in [6, 6.07) is 3.45. The summed E-state index contributed by atoms with van der Waals surface area (Å²) < 4.78 is 5.48. The fourth-order valence-corrected chi connectivity index (χ4v) is 5.30. The Morgan fingerprint density at radius 1 is 1.07 bits per heavy atom. The van der Waals surface area contributed by atoms with Gasteiger partial charge in [-0.3, -0.25) is 9.59 Å². The number of unbranched alkanes of at least 4 members (excludes halogenated alkanes) is 3. The van der Waals surface area contributed by atoms with Crippen LogP contribution in [0, 0.1) is 12.8 Å². The molecule has 3 N–H and O–H groups in total. The van der Waals surface area contributed by atoms with Gasteiger partial charge in [0.1, 0.15) is 23.4 Å². The van der Waals surface area contributed by atoms with E-state index in [0.29, 0.717) is 30.5 Å². The molecular formula is C32H53N3O5. The number of hydrogen-bond acceptors (Lipinski definition) is 5. The lowest BCUT2D eigenvalue weighted by Crippen LogP contribution is -2.54. The minimum Gasteiger partial charge on any atom is -0.507 e. The van der Waals surface area contributed by atoms with Crippen LogP contribution in [0.25, 0.3) is 0 Å². The van der Waals surface area contributed by atoms with E-state index in [0.717, 1.165) is 51.4 Å². The van der Waals surface area contributed by atoms with Gasteiger partial charge in [-0.25, -0.2) is 4.79 Å². The van der Waals surface area contributed by atoms with Gasteiger partial charge in [0.15, 0.2) is 0 Å². The first-order valence-corrected chi connectivity index (χ1v) is 15.2. The van der Waals surface area contributed by atoms with Crippen LogP contribution in [0.2, 0.25) is 0 Å². The average Bonchev–Trinajstić information content (AvgIpc) is 2.86. The predicted octanol–water partition coefficient (Wildman–Crippen LogP) is 6.54. The van der Waals surface area contributed by atoms with Gasteiger partial charge in [0.2, 0.25) is 11.8 Å². The first-order chi connectivity index (χ1) is 18.8. The number of carbonyl (C=O) groups excluding carboxylic acids is 3. The van der Waals surface area contributed by atoms with Crippen molar-refractivity contribution in [1.29, 1.82) is 0 Å². The van der Waals surface area contributed by atoms with E-state index < -0.39 is 23.8 Å². The van der Waals surface area contributed by atoms with Crippen molar-refractivity contribution in [3.63, 3.8) is 0 Å². The van der Waals surface area contributed by atoms with Crippen molar-refractivity contribution < 1.29 is 24.2 Å². The molecule has 0 saturated heterocycles. The number of aryl methyl sites for hydroxylation is 1. The van der Waals surface area contributed by atoms with Crippen molar-refractivity contribution in [2.75, 3.05) is 6.54 Å². The van der Waals surface area contributed by atoms with E-state index >= 15 is 0 Å². The van der Waals surface area contributed by atoms with Crippen LogP contribution in [0.1, 0.15) is 123 Å². The van der Waals surface area contributed by atoms with E-state index in [4.69, 9.17) is 4.74 Å². The molecule has 1 fully saturated rings. The largest absolute Gasteiger partial charge is 0.507 e. The molecule has 2 unspecified atom stereocenters. The number of nitrogens with one attached hydrogen (secondary N) is 2. The Hall–Kier alpha value is -2.77. The Balaban J connectivity index is 2.52. The van der Waals surface area contributed by atoms with Crippen molar-refractivity contribution in [3.05, 3.63) is 29.3 Å². The van der Waals surface area contributed by atoms with Crippen molar-refractivity contribution in [3.8, 4) is 5.75 Å². The van der Waals surface area contributed by atoms with Gasteiger partial charge in [0.25, 0.3) is 0 Å². The molecule has 0 aromatic heterocycles. The van der Waals surface area contributed by atoms with Crippen molar-refractivity contribution >= 4 is 17.9 Å². The molecular weight excluding hydrogens is 506 g/mol. The van der Waals surface area contributed by atoms with Gasteiger partial charge in [-0.1, -0.05) is 77.5 Å². The Morgan fingerprint density at radius 3 is 2.35 bits per heavy atom. The van der Waals surface area contributed by atoms with Gasteiger partial charge in [-0.05, 0) is 64.9 Å². The predicted molar refractivity (Wildman–Crippen MR) is 159 cm³/mol. The molecule has 2 rings (SSSR count). The van der Waals surface area contributed by atoms with Crippen LogP contribution >= 0.6 is 0 Å². The second-order valence-electron chi connectivity index (χ2n) is 12.7. The second-order valence-corrected chi connectivity index (χ2v) is 12.7. The van der Waals surface area contributed by atoms with Gasteiger partial charge < -0.3 is 25.4 Å². The van der Waals surface area contributed by atoms with E-state index in [1.54, 1.807) is 50.8 Å². The van der Waals surface area contributed by atoms with Crippen LogP contribution in [0.4, 0.5) is 4.79 Å². The maximum absolute atomic E-state index is 14.3. The summed E-state index contributed by atoms with van der Waals surface area (Å²) in [5.41, 5.74) is 0.320. The topological polar surface area (TPSA) is 108 Å². The molecule has 0 spiro atoms. The van der Waals surface area contributed by atoms with E-state index in [-0.39, 0.29) is 29.5 Å². The first kappa shape index (κ1) is 33.4. The van der Waals surface area contributed by atoms with Crippen LogP contribution < -0.4 is 10.6 Å². The minimum absolute atomic E-state index is 0.0122. The lowest BCUT2D eigenvalue weighted by molar-refractivity contribution is -0.143. The van der Waals surface area contributed by atoms with Gasteiger partial charge in [-0.15, -0.1) is 0 Å². The number of para-hydroxylation sites is 1. The summed E-state index contributed by atoms with van der Waals surface area (Å²) in [6.07, 6.45) is 8.46. The molecule has 1 aliphatic carbocycles. The molecule has 0 aliphatic heterocycles. The fraction of sp³-hybridized carbons (Fsp3) is 0.719. The number of carbonyl (C=O) groups is 3. The Kier molecular flexibility index (Phi) is 13.3. The number of ether oxygens (including phenoxy) is 1. The molecule has 1 aromatic carbocycles. The van der Waals surface area contributed by atoms with Crippen LogP contribution in [-0.4, -0.2) is 52.1 Å². The van der Waals surface area contributed by atoms with Crippen molar-refractivity contribution in [1.82, 2.24) is 15.5 Å². The molecule has 2 atom stereocenters. The number of benzene rings is 1. The number of phenolic OH excluding ortho intramolecular Hbond substituents is 1. The van der Waals surface area contributed by atoms with Crippen molar-refractivity contribution in [2.45, 2.75) is 136 Å². The third-order valence-corrected chi connectivity index (χ3v) is 7.31. The number of aromatic hydroxyl groups is 1. The molecule has 0 heterocycles. The first-order valence-electron chi connectivity index (χ1n) is 15.2. The quantitative estimate of drug-likeness (QED) is 0.238. The molecule has 0 bridgehead atoms. The standard InChI is InChI=1S/C32H53N3O5/c1-8-9-10-14-20-35(30(38)26(21-22(2)3)34-31(39)40-32(5,6)7)27(25-19-15-16-23(4)28(25)36)29(37)33-24-17-12-11-13-18-24/h15-16,19,22,24,26-27,36H,8-14,17-18,20-21H2,1-7H3,(H,33,37)(H,34,39). The van der Waals surface area contributed by atoms with Gasteiger partial charge in [0, 0.05) is 18.2 Å². The third kappa shape index (κ3) is 10.7. The summed E-state index contributed by atoms with van der Waals surface area (Å²) in [5.74, 6) is -0.524. The lowest BCUT2D eigenvalue weighted by Gasteiger charge is -2.36. The fourth-order valence-electron chi connectivity index (χ4n) is 5.30. The maximum Gasteiger partial charge on any atom is 0.408 e. The summed E-state index contributed by atoms with van der Waals surface area (Å²) in [5, 5.41) is 17.1. The minimum atomic E-state index is -1.02. The maximum atomic E-state index is 14.3. The number of alkyl carbamates (subject to hydrolysis) is 1. The van der Waals surface area contributed by atoms with Gasteiger partial charge in [-0.2, -0.15) is 0 Å². The SMILES string of the molecule is CCCCCCN(C(=O)C(CC(C)C)NC(=O)OC(C)(C)C)C(C(=O)NC1CCCCC1)c1cccc(C)c1O. The zero-order chi connectivity index (χ0) is 29.9. The zero-order valence-electron chi connectivity index (χ0n) is 25.8. The lowest BCUT2D eigenvalue weighted by atomic mass is 9.93. The molecule has 40 heavy (non-hydrogen) atoms. The van der Waals surface area contributed by atoms with Crippen molar-refractivity contribution in [2.24, 2.45) is 5.92 Å². The summed E-state index contributed by atoms with van der Waals surface area (Å²) >= 11 is 0. The molecule has 8 heteroatoms. The highest BCUT2D eigenvalue weighted by molar-refractivity contribution is 5.92. The van der Waals surface area contributed by atoms with E-state index in [1.807, 2.05) is 13.8 Å². The molecule has 226 valence electrons. The summed E-state index contributed by atoms with van der Waals surface area (Å²) in [6.45, 7) is 13.5. The molecule has 8 nitrogen and oxygen atoms in total. The molecule has 3 amide bonds. The normalized spacial score (nSPS) is 15.8. The highest BCUT2D eigenvalue weighted by atomic mass is 16.6. The Bertz CT molecular complexity index is 966. The smallest absolute Gasteiger partial charge is 0.408 e. The van der Waals surface area contributed by atoms with Crippen LogP contribution in [0.3, 0.4) is 0 Å². The molecule has 0 radical (unpaired) electrons. The van der Waals surface area contributed by atoms with E-state index in [2.05, 4.69) is 17.6 Å². The summed E-state index contributed by atoms with van der Waals surface area (Å²) in [7, 11) is 0. The monoisotopic (exact) mass is 559 g/mol. The molecule has 1 saturated carbocycles. The number of hydrogen-bond donors (Lipinski definition) is 3. The summed E-state index contributed by atoms with van der Waals surface area (Å²) in [4.78, 5) is 42.7. The van der Waals surface area contributed by atoms with Gasteiger partial charge >= 0.3 is 6.09 Å². The van der Waals surface area contributed by atoms with Crippen LogP contribution in [0.5, 0.6) is 5.75 Å². The highest BCUT2D eigenvalue weighted by Crippen LogP contribution is 2.33.